The lowest BCUT2D eigenvalue weighted by molar-refractivity contribution is -0.385. The summed E-state index contributed by atoms with van der Waals surface area (Å²) in [4.78, 5) is 14.2. The first-order valence-corrected chi connectivity index (χ1v) is 6.77. The van der Waals surface area contributed by atoms with Crippen molar-refractivity contribution in [3.8, 4) is 0 Å². The molecule has 0 bridgehead atoms. The molecule has 2 aromatic rings. The molecule has 21 heavy (non-hydrogen) atoms. The van der Waals surface area contributed by atoms with Crippen LogP contribution < -0.4 is 5.32 Å². The van der Waals surface area contributed by atoms with Gasteiger partial charge in [0.2, 0.25) is 0 Å². The van der Waals surface area contributed by atoms with E-state index in [0.717, 1.165) is 12.0 Å². The van der Waals surface area contributed by atoms with Crippen molar-refractivity contribution in [3.63, 3.8) is 0 Å². The molecule has 0 radical (unpaired) electrons. The molecule has 108 valence electrons. The van der Waals surface area contributed by atoms with Gasteiger partial charge in [0.15, 0.2) is 0 Å². The molecule has 0 aliphatic carbocycles. The van der Waals surface area contributed by atoms with Gasteiger partial charge in [0.25, 0.3) is 5.69 Å². The third kappa shape index (κ3) is 3.00. The highest BCUT2D eigenvalue weighted by Crippen LogP contribution is 2.31. The zero-order chi connectivity index (χ0) is 14.7. The van der Waals surface area contributed by atoms with Gasteiger partial charge in [-0.15, -0.1) is 0 Å². The number of pyridine rings is 1. The summed E-state index contributed by atoms with van der Waals surface area (Å²) in [5.74, 6) is 0.622. The van der Waals surface area contributed by atoms with Gasteiger partial charge in [0.05, 0.1) is 11.0 Å². The Hall–Kier alpha value is -2.47. The molecule has 1 fully saturated rings. The zero-order valence-corrected chi connectivity index (χ0v) is 11.3. The molecule has 1 aliphatic heterocycles. The molecular formula is C15H15N3O3. The molecule has 1 aromatic carbocycles. The highest BCUT2D eigenvalue weighted by molar-refractivity contribution is 5.42. The van der Waals surface area contributed by atoms with Crippen molar-refractivity contribution >= 4 is 11.5 Å². The highest BCUT2D eigenvalue weighted by Gasteiger charge is 2.29. The standard InChI is InChI=1S/C15H15N3O3/c19-18(20)12-6-7-14(16-10-12)17-13-8-9-21-15(13)11-4-2-1-3-5-11/h1-7,10,13,15H,8-9H2,(H,16,17). The van der Waals surface area contributed by atoms with Crippen molar-refractivity contribution in [2.75, 3.05) is 11.9 Å². The lowest BCUT2D eigenvalue weighted by Crippen LogP contribution is -2.23. The second-order valence-corrected chi connectivity index (χ2v) is 4.90. The highest BCUT2D eigenvalue weighted by atomic mass is 16.6. The molecule has 0 spiro atoms. The van der Waals surface area contributed by atoms with E-state index in [0.29, 0.717) is 12.4 Å². The molecule has 2 atom stereocenters. The van der Waals surface area contributed by atoms with Gasteiger partial charge in [-0.2, -0.15) is 0 Å². The number of nitrogens with zero attached hydrogens (tertiary/aromatic N) is 2. The number of aromatic nitrogens is 1. The fraction of sp³-hybridized carbons (Fsp3) is 0.267. The van der Waals surface area contributed by atoms with E-state index in [4.69, 9.17) is 4.74 Å². The Morgan fingerprint density at radius 3 is 2.71 bits per heavy atom. The van der Waals surface area contributed by atoms with Gasteiger partial charge in [-0.3, -0.25) is 10.1 Å². The van der Waals surface area contributed by atoms with Gasteiger partial charge < -0.3 is 10.1 Å². The Morgan fingerprint density at radius 1 is 1.24 bits per heavy atom. The summed E-state index contributed by atoms with van der Waals surface area (Å²) in [6.07, 6.45) is 2.11. The molecule has 0 saturated carbocycles. The Kier molecular flexibility index (Phi) is 3.79. The first kappa shape index (κ1) is 13.5. The van der Waals surface area contributed by atoms with E-state index in [2.05, 4.69) is 10.3 Å². The zero-order valence-electron chi connectivity index (χ0n) is 11.3. The second kappa shape index (κ2) is 5.88. The fourth-order valence-corrected chi connectivity index (χ4v) is 2.48. The predicted octanol–water partition coefficient (Wildman–Crippen LogP) is 2.93. The van der Waals surface area contributed by atoms with E-state index >= 15 is 0 Å². The van der Waals surface area contributed by atoms with Crippen molar-refractivity contribution < 1.29 is 9.66 Å². The first-order chi connectivity index (χ1) is 10.2. The topological polar surface area (TPSA) is 77.3 Å². The van der Waals surface area contributed by atoms with Crippen LogP contribution in [0.1, 0.15) is 18.1 Å². The molecular weight excluding hydrogens is 270 g/mol. The van der Waals surface area contributed by atoms with E-state index in [-0.39, 0.29) is 17.8 Å². The summed E-state index contributed by atoms with van der Waals surface area (Å²) in [7, 11) is 0. The molecule has 1 aromatic heterocycles. The summed E-state index contributed by atoms with van der Waals surface area (Å²) in [5.41, 5.74) is 1.11. The van der Waals surface area contributed by atoms with Crippen molar-refractivity contribution in [3.05, 3.63) is 64.3 Å². The lowest BCUT2D eigenvalue weighted by atomic mass is 10.0. The largest absolute Gasteiger partial charge is 0.371 e. The van der Waals surface area contributed by atoms with Crippen LogP contribution in [0.15, 0.2) is 48.7 Å². The molecule has 0 amide bonds. The maximum atomic E-state index is 10.6. The normalized spacial score (nSPS) is 21.1. The quantitative estimate of drug-likeness (QED) is 0.690. The summed E-state index contributed by atoms with van der Waals surface area (Å²) in [5, 5.41) is 13.9. The molecule has 2 heterocycles. The number of anilines is 1. The van der Waals surface area contributed by atoms with Crippen LogP contribution in [-0.2, 0) is 4.74 Å². The number of hydrogen-bond acceptors (Lipinski definition) is 5. The van der Waals surface area contributed by atoms with Crippen molar-refractivity contribution in [1.82, 2.24) is 4.98 Å². The minimum Gasteiger partial charge on any atom is -0.371 e. The van der Waals surface area contributed by atoms with Gasteiger partial charge in [0.1, 0.15) is 18.1 Å². The van der Waals surface area contributed by atoms with Crippen LogP contribution in [0, 0.1) is 10.1 Å². The van der Waals surface area contributed by atoms with Crippen molar-refractivity contribution in [2.24, 2.45) is 0 Å². The minimum absolute atomic E-state index is 0.0113. The first-order valence-electron chi connectivity index (χ1n) is 6.77. The van der Waals surface area contributed by atoms with Crippen LogP contribution in [0.2, 0.25) is 0 Å². The Morgan fingerprint density at radius 2 is 2.05 bits per heavy atom. The third-order valence-corrected chi connectivity index (χ3v) is 3.51. The summed E-state index contributed by atoms with van der Waals surface area (Å²) in [6.45, 7) is 0.685. The average molecular weight is 285 g/mol. The summed E-state index contributed by atoms with van der Waals surface area (Å²) in [6, 6.07) is 13.2. The number of rotatable bonds is 4. The van der Waals surface area contributed by atoms with Crippen LogP contribution in [0.25, 0.3) is 0 Å². The Balaban J connectivity index is 1.73. The molecule has 1 saturated heterocycles. The monoisotopic (exact) mass is 285 g/mol. The van der Waals surface area contributed by atoms with Gasteiger partial charge in [-0.05, 0) is 18.1 Å². The van der Waals surface area contributed by atoms with Gasteiger partial charge in [-0.1, -0.05) is 30.3 Å². The van der Waals surface area contributed by atoms with Crippen LogP contribution in [-0.4, -0.2) is 22.6 Å². The lowest BCUT2D eigenvalue weighted by Gasteiger charge is -2.20. The fourth-order valence-electron chi connectivity index (χ4n) is 2.48. The maximum Gasteiger partial charge on any atom is 0.287 e. The van der Waals surface area contributed by atoms with E-state index < -0.39 is 4.92 Å². The van der Waals surface area contributed by atoms with Crippen LogP contribution in [0.5, 0.6) is 0 Å². The number of hydrogen-bond donors (Lipinski definition) is 1. The minimum atomic E-state index is -0.456. The van der Waals surface area contributed by atoms with E-state index in [9.17, 15) is 10.1 Å². The second-order valence-electron chi connectivity index (χ2n) is 4.90. The van der Waals surface area contributed by atoms with Crippen LogP contribution in [0.4, 0.5) is 11.5 Å². The molecule has 2 unspecified atom stereocenters. The SMILES string of the molecule is O=[N+]([O-])c1ccc(NC2CCOC2c2ccccc2)nc1. The summed E-state index contributed by atoms with van der Waals surface area (Å²) >= 11 is 0. The third-order valence-electron chi connectivity index (χ3n) is 3.51. The summed E-state index contributed by atoms with van der Waals surface area (Å²) < 4.78 is 5.79. The number of ether oxygens (including phenoxy) is 1. The Labute approximate surface area is 121 Å². The molecule has 1 N–H and O–H groups in total. The van der Waals surface area contributed by atoms with E-state index in [1.807, 2.05) is 30.3 Å². The van der Waals surface area contributed by atoms with Crippen LogP contribution in [0.3, 0.4) is 0 Å². The van der Waals surface area contributed by atoms with Crippen molar-refractivity contribution in [2.45, 2.75) is 18.6 Å². The number of nitro groups is 1. The molecule has 3 rings (SSSR count). The van der Waals surface area contributed by atoms with E-state index in [1.54, 1.807) is 6.07 Å². The van der Waals surface area contributed by atoms with Crippen LogP contribution >= 0.6 is 0 Å². The Bertz CT molecular complexity index is 616. The van der Waals surface area contributed by atoms with Gasteiger partial charge in [0, 0.05) is 12.7 Å². The molecule has 6 nitrogen and oxygen atoms in total. The van der Waals surface area contributed by atoms with Gasteiger partial charge in [-0.25, -0.2) is 4.98 Å². The van der Waals surface area contributed by atoms with Crippen molar-refractivity contribution in [1.29, 1.82) is 0 Å². The number of nitrogens with one attached hydrogen (secondary N) is 1. The molecule has 6 heteroatoms. The van der Waals surface area contributed by atoms with Gasteiger partial charge >= 0.3 is 0 Å². The maximum absolute atomic E-state index is 10.6. The predicted molar refractivity (Wildman–Crippen MR) is 78.1 cm³/mol. The molecule has 1 aliphatic rings. The van der Waals surface area contributed by atoms with E-state index in [1.165, 1.54) is 12.3 Å². The average Bonchev–Trinajstić information content (AvgIpc) is 2.97. The smallest absolute Gasteiger partial charge is 0.287 e. The number of benzene rings is 1.